The normalized spacial score (nSPS) is 13.7. The molecule has 1 nitrogen and oxygen atoms in total. The first-order valence-corrected chi connectivity index (χ1v) is 16.9. The molecule has 10 rings (SSSR count). The van der Waals surface area contributed by atoms with Gasteiger partial charge in [-0.1, -0.05) is 170 Å². The predicted molar refractivity (Wildman–Crippen MR) is 216 cm³/mol. The van der Waals surface area contributed by atoms with Crippen LogP contribution >= 0.6 is 0 Å². The van der Waals surface area contributed by atoms with Crippen LogP contribution in [-0.4, -0.2) is 0 Å². The summed E-state index contributed by atoms with van der Waals surface area (Å²) in [7, 11) is 0. The summed E-state index contributed by atoms with van der Waals surface area (Å²) >= 11 is 0. The Hall–Kier alpha value is -6.70. The van der Waals surface area contributed by atoms with Crippen molar-refractivity contribution in [3.05, 3.63) is 194 Å². The molecule has 0 aliphatic carbocycles. The highest BCUT2D eigenvalue weighted by atomic mass is 16.3. The van der Waals surface area contributed by atoms with E-state index >= 15 is 0 Å². The second-order valence-corrected chi connectivity index (χ2v) is 12.6. The van der Waals surface area contributed by atoms with Gasteiger partial charge < -0.3 is 4.42 Å². The second kappa shape index (κ2) is 12.0. The zero-order chi connectivity index (χ0) is 40.7. The molecular formula is C50H32O. The Bertz CT molecular complexity index is 3270. The van der Waals surface area contributed by atoms with Gasteiger partial charge in [-0.2, -0.15) is 0 Å². The van der Waals surface area contributed by atoms with E-state index in [4.69, 9.17) is 11.3 Å². The molecule has 0 bridgehead atoms. The highest BCUT2D eigenvalue weighted by molar-refractivity contribution is 6.25. The fraction of sp³-hybridized carbons (Fsp3) is 0. The van der Waals surface area contributed by atoms with Crippen LogP contribution in [0, 0.1) is 0 Å². The average molecular weight is 657 g/mol. The van der Waals surface area contributed by atoms with Gasteiger partial charge >= 0.3 is 0 Å². The van der Waals surface area contributed by atoms with Crippen LogP contribution in [-0.2, 0) is 0 Å². The minimum Gasteiger partial charge on any atom is -0.456 e. The van der Waals surface area contributed by atoms with E-state index < -0.39 is 18.1 Å². The lowest BCUT2D eigenvalue weighted by Crippen LogP contribution is -1.93. The largest absolute Gasteiger partial charge is 0.456 e. The van der Waals surface area contributed by atoms with Gasteiger partial charge in [0.05, 0.1) is 11.0 Å². The van der Waals surface area contributed by atoms with Crippen molar-refractivity contribution in [1.29, 1.82) is 0 Å². The van der Waals surface area contributed by atoms with E-state index in [2.05, 4.69) is 18.2 Å². The summed E-state index contributed by atoms with van der Waals surface area (Å²) in [5.74, 6) is 0. The Morgan fingerprint density at radius 1 is 0.353 bits per heavy atom. The summed E-state index contributed by atoms with van der Waals surface area (Å²) in [6, 6.07) is 45.1. The number of rotatable bonds is 5. The topological polar surface area (TPSA) is 13.1 Å². The lowest BCUT2D eigenvalue weighted by atomic mass is 9.83. The third-order valence-corrected chi connectivity index (χ3v) is 9.67. The smallest absolute Gasteiger partial charge is 0.136 e. The molecule has 1 aromatic heterocycles. The molecule has 0 fully saturated rings. The van der Waals surface area contributed by atoms with E-state index in [1.807, 2.05) is 115 Å². The van der Waals surface area contributed by atoms with Crippen LogP contribution in [0.2, 0.25) is 0 Å². The number of benzene rings is 9. The standard InChI is InChI=1S/C50H32O/c1-4-15-33(16-5-1)36-27-30-43-47(32-36)51-46-26-14-25-44(50(43)46)49-41-23-12-10-21-39(41)48(40-22-11-13-24-42(40)49)37-28-29-38(34-17-6-2-7-18-34)45(31-37)35-19-8-3-9-20-35/h1-32H/i1D,4D,5D,15D,16D,28D,29D,31D. The van der Waals surface area contributed by atoms with Gasteiger partial charge in [-0.3, -0.25) is 0 Å². The van der Waals surface area contributed by atoms with E-state index in [9.17, 15) is 4.11 Å². The summed E-state index contributed by atoms with van der Waals surface area (Å²) in [6.07, 6.45) is 0. The van der Waals surface area contributed by atoms with E-state index in [1.165, 1.54) is 0 Å². The van der Waals surface area contributed by atoms with Crippen LogP contribution in [0.25, 0.3) is 99.1 Å². The van der Waals surface area contributed by atoms with Crippen LogP contribution in [0.1, 0.15) is 11.0 Å². The van der Waals surface area contributed by atoms with Crippen molar-refractivity contribution < 1.29 is 15.4 Å². The predicted octanol–water partition coefficient (Wildman–Crippen LogP) is 14.2. The van der Waals surface area contributed by atoms with Crippen molar-refractivity contribution in [1.82, 2.24) is 0 Å². The molecule has 0 radical (unpaired) electrons. The Morgan fingerprint density at radius 3 is 1.63 bits per heavy atom. The number of hydrogen-bond acceptors (Lipinski definition) is 1. The highest BCUT2D eigenvalue weighted by Crippen LogP contribution is 2.48. The van der Waals surface area contributed by atoms with Crippen molar-refractivity contribution in [2.24, 2.45) is 0 Å². The molecule has 0 saturated heterocycles. The Balaban J connectivity index is 1.27. The summed E-state index contributed by atoms with van der Waals surface area (Å²) in [5.41, 5.74) is 7.36. The van der Waals surface area contributed by atoms with Crippen LogP contribution in [0.4, 0.5) is 0 Å². The van der Waals surface area contributed by atoms with E-state index in [0.29, 0.717) is 39.0 Å². The zero-order valence-electron chi connectivity index (χ0n) is 35.3. The summed E-state index contributed by atoms with van der Waals surface area (Å²) in [4.78, 5) is 0. The van der Waals surface area contributed by atoms with Crippen LogP contribution in [0.5, 0.6) is 0 Å². The highest BCUT2D eigenvalue weighted by Gasteiger charge is 2.21. The molecule has 9 aromatic carbocycles. The first-order valence-electron chi connectivity index (χ1n) is 20.9. The van der Waals surface area contributed by atoms with Crippen molar-refractivity contribution in [2.45, 2.75) is 0 Å². The molecule has 0 unspecified atom stereocenters. The second-order valence-electron chi connectivity index (χ2n) is 12.6. The summed E-state index contributed by atoms with van der Waals surface area (Å²) in [6.45, 7) is 0. The molecule has 1 heteroatoms. The quantitative estimate of drug-likeness (QED) is 0.168. The van der Waals surface area contributed by atoms with Gasteiger partial charge in [-0.05, 0) is 101 Å². The van der Waals surface area contributed by atoms with Crippen molar-refractivity contribution >= 4 is 43.5 Å². The number of fused-ring (bicyclic) bond motifs is 5. The molecule has 238 valence electrons. The maximum atomic E-state index is 9.97. The molecule has 0 aliphatic rings. The molecule has 0 aliphatic heterocycles. The maximum absolute atomic E-state index is 9.97. The first kappa shape index (κ1) is 22.1. The average Bonchev–Trinajstić information content (AvgIpc) is 3.65. The van der Waals surface area contributed by atoms with E-state index in [1.54, 1.807) is 12.1 Å². The number of furan rings is 1. The monoisotopic (exact) mass is 656 g/mol. The van der Waals surface area contributed by atoms with Crippen LogP contribution in [0.15, 0.2) is 198 Å². The SMILES string of the molecule is [2H]c1c([2H])c([2H])c(-c2ccc3c(c2)oc2cccc(-c4c5ccccc5c(-c5c([2H])c([2H])c(-c6ccccc6)c(-c6ccccc6)c5[2H])c5ccccc45)c23)c([2H])c1[2H]. The van der Waals surface area contributed by atoms with Gasteiger partial charge in [0, 0.05) is 10.8 Å². The minimum atomic E-state index is -0.442. The fourth-order valence-electron chi connectivity index (χ4n) is 7.45. The summed E-state index contributed by atoms with van der Waals surface area (Å²) < 4.78 is 77.3. The van der Waals surface area contributed by atoms with Gasteiger partial charge in [0.1, 0.15) is 11.2 Å². The first-order chi connectivity index (χ1) is 28.7. The van der Waals surface area contributed by atoms with Gasteiger partial charge in [-0.25, -0.2) is 0 Å². The molecule has 0 atom stereocenters. The lowest BCUT2D eigenvalue weighted by Gasteiger charge is -2.19. The third kappa shape index (κ3) is 4.86. The molecule has 0 N–H and O–H groups in total. The molecular weight excluding hydrogens is 617 g/mol. The molecule has 10 aromatic rings. The van der Waals surface area contributed by atoms with Crippen molar-refractivity contribution in [2.75, 3.05) is 0 Å². The van der Waals surface area contributed by atoms with Gasteiger partial charge in [0.15, 0.2) is 0 Å². The zero-order valence-corrected chi connectivity index (χ0v) is 27.3. The molecule has 0 spiro atoms. The Morgan fingerprint density at radius 2 is 0.961 bits per heavy atom. The van der Waals surface area contributed by atoms with Crippen molar-refractivity contribution in [3.63, 3.8) is 0 Å². The van der Waals surface area contributed by atoms with E-state index in [-0.39, 0.29) is 35.8 Å². The van der Waals surface area contributed by atoms with Gasteiger partial charge in [0.25, 0.3) is 0 Å². The fourth-order valence-corrected chi connectivity index (χ4v) is 7.45. The molecule has 1 heterocycles. The maximum Gasteiger partial charge on any atom is 0.136 e. The van der Waals surface area contributed by atoms with Crippen LogP contribution in [0.3, 0.4) is 0 Å². The Labute approximate surface area is 307 Å². The molecule has 0 amide bonds. The van der Waals surface area contributed by atoms with Crippen molar-refractivity contribution in [3.8, 4) is 55.6 Å². The van der Waals surface area contributed by atoms with Crippen LogP contribution < -0.4 is 0 Å². The third-order valence-electron chi connectivity index (χ3n) is 9.67. The minimum absolute atomic E-state index is 0.0190. The van der Waals surface area contributed by atoms with Gasteiger partial charge in [-0.15, -0.1) is 0 Å². The lowest BCUT2D eigenvalue weighted by molar-refractivity contribution is 0.669. The Kier molecular flexibility index (Phi) is 5.21. The van der Waals surface area contributed by atoms with E-state index in [0.717, 1.165) is 54.6 Å². The number of hydrogen-bond donors (Lipinski definition) is 0. The molecule has 0 saturated carbocycles. The molecule has 51 heavy (non-hydrogen) atoms. The van der Waals surface area contributed by atoms with Gasteiger partial charge in [0.2, 0.25) is 0 Å². The summed E-state index contributed by atoms with van der Waals surface area (Å²) in [5, 5.41) is 5.13.